The molecule has 0 aliphatic rings. The molecule has 202 valence electrons. The third kappa shape index (κ3) is 7.75. The van der Waals surface area contributed by atoms with Crippen LogP contribution in [0.2, 0.25) is 0 Å². The number of carbonyl (C=O) groups excluding carboxylic acids is 2. The first-order chi connectivity index (χ1) is 18.0. The van der Waals surface area contributed by atoms with Crippen LogP contribution in [0.4, 0.5) is 10.5 Å². The number of benzene rings is 1. The van der Waals surface area contributed by atoms with Gasteiger partial charge in [-0.2, -0.15) is 0 Å². The molecule has 1 unspecified atom stereocenters. The van der Waals surface area contributed by atoms with Crippen LogP contribution in [0, 0.1) is 5.92 Å². The van der Waals surface area contributed by atoms with Gasteiger partial charge in [0.05, 0.1) is 16.8 Å². The summed E-state index contributed by atoms with van der Waals surface area (Å²) in [5.41, 5.74) is 1.74. The Balaban J connectivity index is 1.74. The van der Waals surface area contributed by atoms with Gasteiger partial charge in [-0.1, -0.05) is 32.1 Å². The van der Waals surface area contributed by atoms with Crippen LogP contribution < -0.4 is 16.2 Å². The van der Waals surface area contributed by atoms with E-state index in [4.69, 9.17) is 10.1 Å². The molecule has 3 amide bonds. The highest BCUT2D eigenvalue weighted by Crippen LogP contribution is 2.28. The zero-order chi connectivity index (χ0) is 27.8. The lowest BCUT2D eigenvalue weighted by Crippen LogP contribution is -2.44. The second-order valence-electron chi connectivity index (χ2n) is 9.53. The molecule has 0 aliphatic carbocycles. The third-order valence-electron chi connectivity index (χ3n) is 5.69. The van der Waals surface area contributed by atoms with Gasteiger partial charge >= 0.3 is 6.09 Å². The Bertz CT molecular complexity index is 1390. The number of fused-ring (bicyclic) bond motifs is 1. The van der Waals surface area contributed by atoms with Crippen molar-refractivity contribution < 1.29 is 19.5 Å². The molecule has 0 saturated carbocycles. The van der Waals surface area contributed by atoms with E-state index < -0.39 is 23.6 Å². The molecule has 0 fully saturated rings. The number of nitrogens with zero attached hydrogens (tertiary/aromatic N) is 3. The number of carbonyl (C=O) groups is 3. The van der Waals surface area contributed by atoms with Crippen LogP contribution in [0.5, 0.6) is 0 Å². The molecule has 2 aromatic heterocycles. The molecule has 10 nitrogen and oxygen atoms in total. The molecule has 0 bridgehead atoms. The van der Waals surface area contributed by atoms with Crippen LogP contribution in [-0.4, -0.2) is 57.6 Å². The Morgan fingerprint density at radius 2 is 1.95 bits per heavy atom. The summed E-state index contributed by atoms with van der Waals surface area (Å²) in [4.78, 5) is 55.0. The summed E-state index contributed by atoms with van der Waals surface area (Å²) in [6, 6.07) is 8.06. The second kappa shape index (κ2) is 13.0. The highest BCUT2D eigenvalue weighted by molar-refractivity contribution is 7.18. The fourth-order valence-electron chi connectivity index (χ4n) is 3.86. The van der Waals surface area contributed by atoms with Crippen molar-refractivity contribution in [3.8, 4) is 0 Å². The van der Waals surface area contributed by atoms with E-state index in [1.54, 1.807) is 43.8 Å². The SMILES string of the molecule is CC(C)Cc1cccc2nc(Cn3cccc(NC(=O)C(CCC=CC(=O)N(C)C)NC(=O)O)c3=O)sc12. The van der Waals surface area contributed by atoms with Crippen LogP contribution in [-0.2, 0) is 22.6 Å². The number of amides is 3. The van der Waals surface area contributed by atoms with Crippen molar-refractivity contribution in [1.82, 2.24) is 19.8 Å². The van der Waals surface area contributed by atoms with Crippen molar-refractivity contribution in [1.29, 1.82) is 0 Å². The topological polar surface area (TPSA) is 134 Å². The normalized spacial score (nSPS) is 12.1. The number of hydrogen-bond acceptors (Lipinski definition) is 6. The van der Waals surface area contributed by atoms with E-state index in [0.717, 1.165) is 21.6 Å². The Labute approximate surface area is 225 Å². The highest BCUT2D eigenvalue weighted by atomic mass is 32.1. The number of pyridine rings is 1. The molecule has 3 N–H and O–H groups in total. The summed E-state index contributed by atoms with van der Waals surface area (Å²) in [7, 11) is 3.23. The predicted molar refractivity (Wildman–Crippen MR) is 149 cm³/mol. The highest BCUT2D eigenvalue weighted by Gasteiger charge is 2.21. The van der Waals surface area contributed by atoms with Crippen LogP contribution in [0.15, 0.2) is 53.5 Å². The lowest BCUT2D eigenvalue weighted by molar-refractivity contribution is -0.123. The van der Waals surface area contributed by atoms with E-state index >= 15 is 0 Å². The summed E-state index contributed by atoms with van der Waals surface area (Å²) in [6.07, 6.45) is 4.53. The Morgan fingerprint density at radius 1 is 1.18 bits per heavy atom. The van der Waals surface area contributed by atoms with Gasteiger partial charge in [0.25, 0.3) is 5.56 Å². The van der Waals surface area contributed by atoms with Gasteiger partial charge in [-0.15, -0.1) is 11.3 Å². The maximum absolute atomic E-state index is 13.1. The van der Waals surface area contributed by atoms with Gasteiger partial charge in [0.1, 0.15) is 16.7 Å². The second-order valence-corrected chi connectivity index (χ2v) is 10.6. The van der Waals surface area contributed by atoms with Crippen LogP contribution in [0.3, 0.4) is 0 Å². The summed E-state index contributed by atoms with van der Waals surface area (Å²) < 4.78 is 2.57. The lowest BCUT2D eigenvalue weighted by Gasteiger charge is -2.16. The van der Waals surface area contributed by atoms with Gasteiger partial charge in [0.15, 0.2) is 0 Å². The van der Waals surface area contributed by atoms with E-state index in [9.17, 15) is 19.2 Å². The van der Waals surface area contributed by atoms with E-state index in [2.05, 4.69) is 30.5 Å². The molecule has 0 aliphatic heterocycles. The van der Waals surface area contributed by atoms with Crippen molar-refractivity contribution in [2.75, 3.05) is 19.4 Å². The minimum absolute atomic E-state index is 0.0367. The Hall–Kier alpha value is -3.99. The van der Waals surface area contributed by atoms with Gasteiger partial charge in [-0.3, -0.25) is 14.4 Å². The Morgan fingerprint density at radius 3 is 2.63 bits per heavy atom. The number of carboxylic acid groups (broad SMARTS) is 1. The monoisotopic (exact) mass is 539 g/mol. The lowest BCUT2D eigenvalue weighted by atomic mass is 10.0. The van der Waals surface area contributed by atoms with Crippen molar-refractivity contribution in [2.24, 2.45) is 5.92 Å². The quantitative estimate of drug-likeness (QED) is 0.318. The van der Waals surface area contributed by atoms with Gasteiger partial charge in [0.2, 0.25) is 11.8 Å². The zero-order valence-corrected chi connectivity index (χ0v) is 22.7. The molecule has 3 rings (SSSR count). The maximum atomic E-state index is 13.1. The van der Waals surface area contributed by atoms with Gasteiger partial charge in [-0.05, 0) is 55.0 Å². The molecule has 1 atom stereocenters. The predicted octanol–water partition coefficient (Wildman–Crippen LogP) is 3.70. The van der Waals surface area contributed by atoms with E-state index in [0.29, 0.717) is 5.92 Å². The molecule has 11 heteroatoms. The summed E-state index contributed by atoms with van der Waals surface area (Å²) in [5.74, 6) is -0.371. The van der Waals surface area contributed by atoms with Gasteiger partial charge < -0.3 is 25.2 Å². The van der Waals surface area contributed by atoms with E-state index in [1.165, 1.54) is 27.2 Å². The average molecular weight is 540 g/mol. The zero-order valence-electron chi connectivity index (χ0n) is 21.9. The van der Waals surface area contributed by atoms with Crippen LogP contribution in [0.1, 0.15) is 37.3 Å². The molecular weight excluding hydrogens is 506 g/mol. The fraction of sp³-hybridized carbons (Fsp3) is 0.370. The smallest absolute Gasteiger partial charge is 0.405 e. The van der Waals surface area contributed by atoms with Crippen LogP contribution >= 0.6 is 11.3 Å². The molecule has 0 spiro atoms. The third-order valence-corrected chi connectivity index (χ3v) is 6.82. The van der Waals surface area contributed by atoms with Crippen LogP contribution in [0.25, 0.3) is 10.2 Å². The first-order valence-corrected chi connectivity index (χ1v) is 13.1. The molecule has 38 heavy (non-hydrogen) atoms. The number of rotatable bonds is 11. The minimum atomic E-state index is -1.36. The first-order valence-electron chi connectivity index (χ1n) is 12.3. The van der Waals surface area contributed by atoms with E-state index in [-0.39, 0.29) is 31.0 Å². The maximum Gasteiger partial charge on any atom is 0.405 e. The summed E-state index contributed by atoms with van der Waals surface area (Å²) in [5, 5.41) is 14.7. The number of thiazole rings is 1. The molecule has 1 aromatic carbocycles. The average Bonchev–Trinajstić information content (AvgIpc) is 3.26. The summed E-state index contributed by atoms with van der Waals surface area (Å²) >= 11 is 1.55. The standard InChI is InChI=1S/C27H33N5O5S/c1-17(2)15-18-9-7-11-19-24(18)38-22(28-19)16-32-14-8-12-21(26(32)35)29-25(34)20(30-27(36)37)10-5-6-13-23(33)31(3)4/h6-9,11-14,17,20,30H,5,10,15-16H2,1-4H3,(H,29,34)(H,36,37). The number of nitrogens with one attached hydrogen (secondary N) is 2. The Kier molecular flexibility index (Phi) is 9.78. The van der Waals surface area contributed by atoms with Gasteiger partial charge in [0, 0.05) is 20.3 Å². The minimum Gasteiger partial charge on any atom is -0.465 e. The molecule has 0 saturated heterocycles. The molecular formula is C27H33N5O5S. The first kappa shape index (κ1) is 28.6. The molecule has 2 heterocycles. The number of anilines is 1. The fourth-order valence-corrected chi connectivity index (χ4v) is 4.94. The number of likely N-dealkylation sites (N-methyl/N-ethyl adjacent to an activating group) is 1. The van der Waals surface area contributed by atoms with E-state index in [1.807, 2.05) is 12.1 Å². The molecule has 3 aromatic rings. The number of allylic oxidation sites excluding steroid dienone is 1. The van der Waals surface area contributed by atoms with Gasteiger partial charge in [-0.25, -0.2) is 9.78 Å². The summed E-state index contributed by atoms with van der Waals surface area (Å²) in [6.45, 7) is 4.57. The molecule has 0 radical (unpaired) electrons. The van der Waals surface area contributed by atoms with Crippen molar-refractivity contribution >= 4 is 45.1 Å². The number of hydrogen-bond donors (Lipinski definition) is 3. The van der Waals surface area contributed by atoms with Crippen molar-refractivity contribution in [3.05, 3.63) is 69.6 Å². The number of aromatic nitrogens is 2. The van der Waals surface area contributed by atoms with Crippen molar-refractivity contribution in [2.45, 2.75) is 45.7 Å². The largest absolute Gasteiger partial charge is 0.465 e. The van der Waals surface area contributed by atoms with Crippen molar-refractivity contribution in [3.63, 3.8) is 0 Å².